The summed E-state index contributed by atoms with van der Waals surface area (Å²) in [6, 6.07) is 14.0. The average Bonchev–Trinajstić information content (AvgIpc) is 2.69. The first kappa shape index (κ1) is 23.7. The van der Waals surface area contributed by atoms with E-state index < -0.39 is 11.6 Å². The second kappa shape index (κ2) is 10.5. The van der Waals surface area contributed by atoms with Crippen molar-refractivity contribution < 1.29 is 19.1 Å². The van der Waals surface area contributed by atoms with Crippen LogP contribution in [0.1, 0.15) is 33.3 Å². The van der Waals surface area contributed by atoms with E-state index in [4.69, 9.17) is 9.47 Å². The average molecular weight is 477 g/mol. The maximum Gasteiger partial charge on any atom is 0.261 e. The van der Waals surface area contributed by atoms with Gasteiger partial charge in [0, 0.05) is 16.6 Å². The summed E-state index contributed by atoms with van der Waals surface area (Å²) in [7, 11) is 1.59. The molecule has 0 aliphatic heterocycles. The lowest BCUT2D eigenvalue weighted by Crippen LogP contribution is -2.53. The van der Waals surface area contributed by atoms with Crippen LogP contribution < -0.4 is 14.8 Å². The molecule has 2 aromatic rings. The third-order valence-electron chi connectivity index (χ3n) is 4.33. The van der Waals surface area contributed by atoms with E-state index in [9.17, 15) is 9.59 Å². The zero-order chi connectivity index (χ0) is 22.3. The van der Waals surface area contributed by atoms with E-state index in [1.807, 2.05) is 57.2 Å². The highest BCUT2D eigenvalue weighted by Crippen LogP contribution is 2.18. The Bertz CT molecular complexity index is 862. The van der Waals surface area contributed by atoms with Crippen molar-refractivity contribution in [2.24, 2.45) is 0 Å². The van der Waals surface area contributed by atoms with Crippen LogP contribution in [0.4, 0.5) is 0 Å². The van der Waals surface area contributed by atoms with Crippen LogP contribution in [0.2, 0.25) is 0 Å². The molecule has 0 fully saturated rings. The Kier molecular flexibility index (Phi) is 8.29. The van der Waals surface area contributed by atoms with Gasteiger partial charge in [-0.1, -0.05) is 28.1 Å². The predicted molar refractivity (Wildman–Crippen MR) is 121 cm³/mol. The summed E-state index contributed by atoms with van der Waals surface area (Å²) in [6.45, 7) is 7.53. The van der Waals surface area contributed by atoms with Crippen molar-refractivity contribution in [3.05, 3.63) is 58.6 Å². The molecular formula is C23H29BrN2O4. The van der Waals surface area contributed by atoms with Crippen molar-refractivity contribution in [1.82, 2.24) is 10.2 Å². The lowest BCUT2D eigenvalue weighted by Gasteiger charge is -2.31. The quantitative estimate of drug-likeness (QED) is 0.620. The molecule has 2 rings (SSSR count). The first-order valence-electron chi connectivity index (χ1n) is 9.72. The fourth-order valence-electron chi connectivity index (χ4n) is 2.78. The van der Waals surface area contributed by atoms with Crippen LogP contribution in [0.5, 0.6) is 11.5 Å². The molecule has 0 aromatic heterocycles. The minimum atomic E-state index is -0.670. The zero-order valence-electron chi connectivity index (χ0n) is 18.1. The summed E-state index contributed by atoms with van der Waals surface area (Å²) in [5.41, 5.74) is 0.464. The van der Waals surface area contributed by atoms with Crippen molar-refractivity contribution in [2.45, 2.75) is 45.8 Å². The lowest BCUT2D eigenvalue weighted by molar-refractivity contribution is -0.142. The summed E-state index contributed by atoms with van der Waals surface area (Å²) in [5.74, 6) is 0.775. The first-order chi connectivity index (χ1) is 14.1. The number of ether oxygens (including phenoxy) is 2. The van der Waals surface area contributed by atoms with E-state index in [1.54, 1.807) is 26.2 Å². The van der Waals surface area contributed by atoms with Crippen LogP contribution in [0.3, 0.4) is 0 Å². The SMILES string of the molecule is COc1cccc(CN(C(=O)COc2ccc(Br)cc2)[C@@H](C)C(=O)NC(C)(C)C)c1. The summed E-state index contributed by atoms with van der Waals surface area (Å²) < 4.78 is 11.8. The monoisotopic (exact) mass is 476 g/mol. The molecule has 6 nitrogen and oxygen atoms in total. The van der Waals surface area contributed by atoms with Crippen molar-refractivity contribution in [1.29, 1.82) is 0 Å². The molecule has 0 radical (unpaired) electrons. The number of rotatable bonds is 8. The van der Waals surface area contributed by atoms with E-state index in [1.165, 1.54) is 4.90 Å². The lowest BCUT2D eigenvalue weighted by atomic mass is 10.1. The molecule has 2 amide bonds. The number of halogens is 1. The maximum atomic E-state index is 13.0. The van der Waals surface area contributed by atoms with Crippen LogP contribution in [-0.4, -0.2) is 42.0 Å². The highest BCUT2D eigenvalue weighted by atomic mass is 79.9. The Hall–Kier alpha value is -2.54. The third kappa shape index (κ3) is 7.37. The highest BCUT2D eigenvalue weighted by Gasteiger charge is 2.28. The molecule has 7 heteroatoms. The van der Waals surface area contributed by atoms with Gasteiger partial charge < -0.3 is 19.7 Å². The largest absolute Gasteiger partial charge is 0.497 e. The molecular weight excluding hydrogens is 448 g/mol. The highest BCUT2D eigenvalue weighted by molar-refractivity contribution is 9.10. The number of carbonyl (C=O) groups excluding carboxylic acids is 2. The van der Waals surface area contributed by atoms with Crippen molar-refractivity contribution in [3.63, 3.8) is 0 Å². The van der Waals surface area contributed by atoms with E-state index >= 15 is 0 Å². The number of benzene rings is 2. The van der Waals surface area contributed by atoms with E-state index in [2.05, 4.69) is 21.2 Å². The van der Waals surface area contributed by atoms with E-state index in [-0.39, 0.29) is 25.0 Å². The standard InChI is InChI=1S/C23H29BrN2O4/c1-16(22(28)25-23(2,3)4)26(14-17-7-6-8-20(13-17)29-5)21(27)15-30-19-11-9-18(24)10-12-19/h6-13,16H,14-15H2,1-5H3,(H,25,28)/t16-/m0/s1. The Labute approximate surface area is 186 Å². The van der Waals surface area contributed by atoms with Crippen molar-refractivity contribution >= 4 is 27.7 Å². The number of nitrogens with zero attached hydrogens (tertiary/aromatic N) is 1. The third-order valence-corrected chi connectivity index (χ3v) is 4.86. The molecule has 1 atom stereocenters. The fraction of sp³-hybridized carbons (Fsp3) is 0.391. The van der Waals surface area contributed by atoms with Gasteiger partial charge in [-0.25, -0.2) is 0 Å². The zero-order valence-corrected chi connectivity index (χ0v) is 19.7. The van der Waals surface area contributed by atoms with Gasteiger partial charge in [-0.05, 0) is 69.7 Å². The van der Waals surface area contributed by atoms with Crippen LogP contribution in [0, 0.1) is 0 Å². The molecule has 30 heavy (non-hydrogen) atoms. The first-order valence-corrected chi connectivity index (χ1v) is 10.5. The molecule has 0 saturated heterocycles. The Balaban J connectivity index is 2.18. The molecule has 0 bridgehead atoms. The number of hydrogen-bond acceptors (Lipinski definition) is 4. The Morgan fingerprint density at radius 3 is 2.37 bits per heavy atom. The van der Waals surface area contributed by atoms with Crippen molar-refractivity contribution in [2.75, 3.05) is 13.7 Å². The molecule has 0 saturated carbocycles. The van der Waals surface area contributed by atoms with Gasteiger partial charge in [0.05, 0.1) is 7.11 Å². The van der Waals surface area contributed by atoms with Crippen LogP contribution >= 0.6 is 15.9 Å². The normalized spacial score (nSPS) is 12.1. The van der Waals surface area contributed by atoms with Crippen molar-refractivity contribution in [3.8, 4) is 11.5 Å². The second-order valence-electron chi connectivity index (χ2n) is 8.03. The van der Waals surface area contributed by atoms with Crippen LogP contribution in [-0.2, 0) is 16.1 Å². The Morgan fingerprint density at radius 2 is 1.77 bits per heavy atom. The molecule has 0 heterocycles. The number of carbonyl (C=O) groups is 2. The van der Waals surface area contributed by atoms with Gasteiger partial charge in [0.15, 0.2) is 6.61 Å². The molecule has 0 aliphatic carbocycles. The van der Waals surface area contributed by atoms with E-state index in [0.29, 0.717) is 11.5 Å². The summed E-state index contributed by atoms with van der Waals surface area (Å²) in [6.07, 6.45) is 0. The van der Waals surface area contributed by atoms with Gasteiger partial charge in [-0.3, -0.25) is 9.59 Å². The van der Waals surface area contributed by atoms with Gasteiger partial charge in [0.25, 0.3) is 5.91 Å². The van der Waals surface area contributed by atoms with Gasteiger partial charge in [0.2, 0.25) is 5.91 Å². The predicted octanol–water partition coefficient (Wildman–Crippen LogP) is 4.17. The summed E-state index contributed by atoms with van der Waals surface area (Å²) in [4.78, 5) is 27.3. The van der Waals surface area contributed by atoms with Crippen LogP contribution in [0.15, 0.2) is 53.0 Å². The minimum absolute atomic E-state index is 0.168. The summed E-state index contributed by atoms with van der Waals surface area (Å²) >= 11 is 3.37. The molecule has 0 aliphatic rings. The number of amides is 2. The Morgan fingerprint density at radius 1 is 1.10 bits per heavy atom. The molecule has 0 unspecified atom stereocenters. The topological polar surface area (TPSA) is 67.9 Å². The molecule has 1 N–H and O–H groups in total. The van der Waals surface area contributed by atoms with E-state index in [0.717, 1.165) is 10.0 Å². The van der Waals surface area contributed by atoms with Gasteiger partial charge in [0.1, 0.15) is 17.5 Å². The fourth-order valence-corrected chi connectivity index (χ4v) is 3.05. The number of hydrogen-bond donors (Lipinski definition) is 1. The smallest absolute Gasteiger partial charge is 0.261 e. The maximum absolute atomic E-state index is 13.0. The van der Waals surface area contributed by atoms with Gasteiger partial charge >= 0.3 is 0 Å². The van der Waals surface area contributed by atoms with Gasteiger partial charge in [-0.2, -0.15) is 0 Å². The van der Waals surface area contributed by atoms with Gasteiger partial charge in [-0.15, -0.1) is 0 Å². The molecule has 2 aromatic carbocycles. The number of nitrogens with one attached hydrogen (secondary N) is 1. The minimum Gasteiger partial charge on any atom is -0.497 e. The number of methoxy groups -OCH3 is 1. The second-order valence-corrected chi connectivity index (χ2v) is 8.95. The summed E-state index contributed by atoms with van der Waals surface area (Å²) in [5, 5.41) is 2.94. The van der Waals surface area contributed by atoms with Crippen LogP contribution in [0.25, 0.3) is 0 Å². The molecule has 0 spiro atoms. The molecule has 162 valence electrons.